The van der Waals surface area contributed by atoms with E-state index in [0.717, 1.165) is 18.2 Å². The van der Waals surface area contributed by atoms with Crippen molar-refractivity contribution < 1.29 is 19.7 Å². The molecule has 1 heterocycles. The van der Waals surface area contributed by atoms with Gasteiger partial charge in [0, 0.05) is 31.3 Å². The normalized spacial score (nSPS) is 11.2. The maximum Gasteiger partial charge on any atom is 0.333 e. The van der Waals surface area contributed by atoms with E-state index in [9.17, 15) is 25.3 Å². The van der Waals surface area contributed by atoms with Crippen LogP contribution in [0.4, 0.5) is 27.1 Å². The van der Waals surface area contributed by atoms with Gasteiger partial charge >= 0.3 is 10.7 Å². The zero-order chi connectivity index (χ0) is 21.7. The predicted octanol–water partition coefficient (Wildman–Crippen LogP) is 5.29. The van der Waals surface area contributed by atoms with Gasteiger partial charge in [-0.25, -0.2) is 0 Å². The SMILES string of the molecule is COCCCNc1ccc(N=Nc2sc([N+](=O)[O-])cc2[N+](=O)[O-])c2c(O)cccc12. The van der Waals surface area contributed by atoms with Gasteiger partial charge in [0.05, 0.1) is 20.9 Å². The lowest BCUT2D eigenvalue weighted by Crippen LogP contribution is -2.04. The van der Waals surface area contributed by atoms with Crippen LogP contribution in [0, 0.1) is 20.2 Å². The van der Waals surface area contributed by atoms with E-state index >= 15 is 0 Å². The lowest BCUT2D eigenvalue weighted by molar-refractivity contribution is -0.389. The number of nitro groups is 2. The fourth-order valence-corrected chi connectivity index (χ4v) is 3.56. The molecule has 156 valence electrons. The number of hydrogen-bond donors (Lipinski definition) is 2. The van der Waals surface area contributed by atoms with Crippen LogP contribution in [0.1, 0.15) is 6.42 Å². The van der Waals surface area contributed by atoms with Crippen LogP contribution in [-0.4, -0.2) is 35.2 Å². The number of aromatic hydroxyl groups is 1. The van der Waals surface area contributed by atoms with Crippen LogP contribution < -0.4 is 5.32 Å². The van der Waals surface area contributed by atoms with Crippen LogP contribution in [0.2, 0.25) is 0 Å². The molecule has 0 saturated carbocycles. The third-order valence-corrected chi connectivity index (χ3v) is 5.10. The molecule has 3 rings (SSSR count). The summed E-state index contributed by atoms with van der Waals surface area (Å²) in [6, 6.07) is 9.19. The number of nitrogens with one attached hydrogen (secondary N) is 1. The number of azo groups is 1. The lowest BCUT2D eigenvalue weighted by atomic mass is 10.1. The minimum absolute atomic E-state index is 0.0337. The summed E-state index contributed by atoms with van der Waals surface area (Å²) in [5, 5.41) is 44.1. The summed E-state index contributed by atoms with van der Waals surface area (Å²) in [5.41, 5.74) is 0.546. The molecule has 0 spiro atoms. The summed E-state index contributed by atoms with van der Waals surface area (Å²) in [6.45, 7) is 1.26. The van der Waals surface area contributed by atoms with Crippen molar-refractivity contribution in [3.63, 3.8) is 0 Å². The van der Waals surface area contributed by atoms with E-state index in [2.05, 4.69) is 15.5 Å². The molecular formula is C18H17N5O6S. The molecule has 0 aliphatic heterocycles. The molecule has 1 aromatic heterocycles. The summed E-state index contributed by atoms with van der Waals surface area (Å²) in [6.07, 6.45) is 0.791. The van der Waals surface area contributed by atoms with E-state index < -0.39 is 20.5 Å². The van der Waals surface area contributed by atoms with Crippen LogP contribution in [0.5, 0.6) is 5.75 Å². The largest absolute Gasteiger partial charge is 0.507 e. The molecule has 0 aliphatic carbocycles. The first-order valence-corrected chi connectivity index (χ1v) is 9.56. The molecular weight excluding hydrogens is 414 g/mol. The molecule has 11 nitrogen and oxygen atoms in total. The number of phenolic OH excluding ortho intramolecular Hbond substituents is 1. The average Bonchev–Trinajstić information content (AvgIpc) is 3.15. The second kappa shape index (κ2) is 9.24. The van der Waals surface area contributed by atoms with Crippen LogP contribution in [0.25, 0.3) is 10.8 Å². The molecule has 2 aromatic carbocycles. The topological polar surface area (TPSA) is 152 Å². The van der Waals surface area contributed by atoms with Crippen molar-refractivity contribution in [2.75, 3.05) is 25.6 Å². The van der Waals surface area contributed by atoms with E-state index in [0.29, 0.717) is 35.3 Å². The number of ether oxygens (including phenoxy) is 1. The molecule has 0 saturated heterocycles. The first-order chi connectivity index (χ1) is 14.4. The number of benzene rings is 2. The summed E-state index contributed by atoms with van der Waals surface area (Å²) in [4.78, 5) is 20.6. The number of phenols is 1. The summed E-state index contributed by atoms with van der Waals surface area (Å²) in [5.74, 6) is -0.0337. The Hall–Kier alpha value is -3.64. The van der Waals surface area contributed by atoms with Crippen molar-refractivity contribution in [3.05, 3.63) is 56.6 Å². The summed E-state index contributed by atoms with van der Waals surface area (Å²) in [7, 11) is 1.62. The molecule has 0 radical (unpaired) electrons. The summed E-state index contributed by atoms with van der Waals surface area (Å²) >= 11 is 0.556. The first-order valence-electron chi connectivity index (χ1n) is 8.74. The molecule has 0 bridgehead atoms. The minimum Gasteiger partial charge on any atom is -0.507 e. The Bertz CT molecular complexity index is 1130. The van der Waals surface area contributed by atoms with E-state index in [1.54, 1.807) is 31.4 Å². The molecule has 30 heavy (non-hydrogen) atoms. The van der Waals surface area contributed by atoms with Crippen LogP contribution in [0.3, 0.4) is 0 Å². The second-order valence-electron chi connectivity index (χ2n) is 6.09. The minimum atomic E-state index is -0.750. The maximum absolute atomic E-state index is 11.2. The number of rotatable bonds is 9. The van der Waals surface area contributed by atoms with Crippen molar-refractivity contribution >= 4 is 49.2 Å². The molecule has 3 aromatic rings. The van der Waals surface area contributed by atoms with Gasteiger partial charge in [-0.3, -0.25) is 20.2 Å². The standard InChI is InChI=1S/C18H17N5O6S/c1-29-9-3-8-19-12-6-7-13(17-11(12)4-2-5-15(17)24)20-21-18-14(22(25)26)10-16(30-18)23(27)28/h2,4-7,10,19,24H,3,8-9H2,1H3. The highest BCUT2D eigenvalue weighted by atomic mass is 32.1. The van der Waals surface area contributed by atoms with Gasteiger partial charge in [-0.1, -0.05) is 12.1 Å². The Kier molecular flexibility index (Phi) is 6.49. The summed E-state index contributed by atoms with van der Waals surface area (Å²) < 4.78 is 5.03. The van der Waals surface area contributed by atoms with Gasteiger partial charge in [0.25, 0.3) is 0 Å². The van der Waals surface area contributed by atoms with Gasteiger partial charge in [0.1, 0.15) is 11.8 Å². The fourth-order valence-electron chi connectivity index (χ4n) is 2.80. The molecule has 0 amide bonds. The zero-order valence-electron chi connectivity index (χ0n) is 15.8. The molecule has 0 aliphatic rings. The van der Waals surface area contributed by atoms with Crippen molar-refractivity contribution in [1.29, 1.82) is 0 Å². The van der Waals surface area contributed by atoms with Crippen molar-refractivity contribution in [2.24, 2.45) is 10.2 Å². The molecule has 0 unspecified atom stereocenters. The Morgan fingerprint density at radius 2 is 1.97 bits per heavy atom. The highest BCUT2D eigenvalue weighted by Crippen LogP contribution is 2.43. The highest BCUT2D eigenvalue weighted by molar-refractivity contribution is 7.19. The number of thiophene rings is 1. The van der Waals surface area contributed by atoms with Gasteiger partial charge in [-0.15, -0.1) is 10.2 Å². The fraction of sp³-hybridized carbons (Fsp3) is 0.222. The molecule has 2 N–H and O–H groups in total. The van der Waals surface area contributed by atoms with Crippen molar-refractivity contribution in [3.8, 4) is 5.75 Å². The highest BCUT2D eigenvalue weighted by Gasteiger charge is 2.25. The second-order valence-corrected chi connectivity index (χ2v) is 7.10. The van der Waals surface area contributed by atoms with Crippen molar-refractivity contribution in [2.45, 2.75) is 6.42 Å². The lowest BCUT2D eigenvalue weighted by Gasteiger charge is -2.12. The Balaban J connectivity index is 1.99. The first kappa shape index (κ1) is 21.1. The quantitative estimate of drug-likeness (QED) is 0.202. The maximum atomic E-state index is 11.2. The van der Waals surface area contributed by atoms with Crippen LogP contribution in [0.15, 0.2) is 46.6 Å². The van der Waals surface area contributed by atoms with Gasteiger partial charge in [0.15, 0.2) is 0 Å². The Morgan fingerprint density at radius 3 is 2.67 bits per heavy atom. The Labute approximate surface area is 173 Å². The van der Waals surface area contributed by atoms with Crippen LogP contribution >= 0.6 is 11.3 Å². The van der Waals surface area contributed by atoms with Gasteiger partial charge in [-0.2, -0.15) is 0 Å². The van der Waals surface area contributed by atoms with E-state index in [4.69, 9.17) is 4.74 Å². The third kappa shape index (κ3) is 4.50. The Morgan fingerprint density at radius 1 is 1.17 bits per heavy atom. The monoisotopic (exact) mass is 431 g/mol. The zero-order valence-corrected chi connectivity index (χ0v) is 16.6. The van der Waals surface area contributed by atoms with E-state index in [1.807, 2.05) is 0 Å². The third-order valence-electron chi connectivity index (χ3n) is 4.14. The average molecular weight is 431 g/mol. The van der Waals surface area contributed by atoms with E-state index in [1.165, 1.54) is 6.07 Å². The molecule has 12 heteroatoms. The van der Waals surface area contributed by atoms with Crippen LogP contribution in [-0.2, 0) is 4.74 Å². The number of fused-ring (bicyclic) bond motifs is 1. The number of hydrogen-bond acceptors (Lipinski definition) is 10. The molecule has 0 atom stereocenters. The van der Waals surface area contributed by atoms with Gasteiger partial charge in [0.2, 0.25) is 5.00 Å². The predicted molar refractivity (Wildman–Crippen MR) is 112 cm³/mol. The van der Waals surface area contributed by atoms with Gasteiger partial charge in [-0.05, 0) is 36.0 Å². The number of nitrogens with zero attached hydrogens (tertiary/aromatic N) is 4. The smallest absolute Gasteiger partial charge is 0.333 e. The molecule has 0 fully saturated rings. The van der Waals surface area contributed by atoms with Gasteiger partial charge < -0.3 is 15.2 Å². The number of anilines is 1. The number of methoxy groups -OCH3 is 1. The van der Waals surface area contributed by atoms with Crippen molar-refractivity contribution in [1.82, 2.24) is 0 Å². The van der Waals surface area contributed by atoms with E-state index in [-0.39, 0.29) is 16.4 Å².